The summed E-state index contributed by atoms with van der Waals surface area (Å²) in [5.41, 5.74) is 1.31. The van der Waals surface area contributed by atoms with Gasteiger partial charge in [0, 0.05) is 16.3 Å². The highest BCUT2D eigenvalue weighted by Crippen LogP contribution is 2.16. The third-order valence-corrected chi connectivity index (χ3v) is 5.16. The van der Waals surface area contributed by atoms with Gasteiger partial charge in [0.1, 0.15) is 0 Å². The number of hydrogen-bond donors (Lipinski definition) is 2. The molecule has 0 aliphatic rings. The fourth-order valence-electron chi connectivity index (χ4n) is 2.53. The first-order valence-corrected chi connectivity index (χ1v) is 9.83. The average Bonchev–Trinajstić information content (AvgIpc) is 3.28. The molecule has 0 unspecified atom stereocenters. The number of thiophene rings is 1. The van der Waals surface area contributed by atoms with E-state index in [1.54, 1.807) is 66.0 Å². The van der Waals surface area contributed by atoms with Gasteiger partial charge in [-0.2, -0.15) is 0 Å². The monoisotopic (exact) mass is 428 g/mol. The van der Waals surface area contributed by atoms with Crippen LogP contribution in [0.15, 0.2) is 66.0 Å². The van der Waals surface area contributed by atoms with Crippen LogP contribution in [0.5, 0.6) is 0 Å². The molecule has 148 valence electrons. The van der Waals surface area contributed by atoms with Crippen LogP contribution in [0.4, 0.5) is 5.69 Å². The van der Waals surface area contributed by atoms with E-state index >= 15 is 0 Å². The van der Waals surface area contributed by atoms with Crippen molar-refractivity contribution in [2.45, 2.75) is 6.17 Å². The van der Waals surface area contributed by atoms with E-state index in [4.69, 9.17) is 11.6 Å². The number of ether oxygens (including phenoxy) is 1. The normalized spacial score (nSPS) is 11.4. The minimum atomic E-state index is -0.999. The molecule has 2 N–H and O–H groups in total. The molecule has 6 nitrogen and oxygen atoms in total. The Morgan fingerprint density at radius 3 is 2.21 bits per heavy atom. The fourth-order valence-corrected chi connectivity index (χ4v) is 3.35. The Hall–Kier alpha value is -3.16. The highest BCUT2D eigenvalue weighted by atomic mass is 35.5. The molecule has 0 fully saturated rings. The zero-order valence-corrected chi connectivity index (χ0v) is 16.9. The lowest BCUT2D eigenvalue weighted by atomic mass is 10.1. The van der Waals surface area contributed by atoms with Crippen molar-refractivity contribution >= 4 is 46.3 Å². The van der Waals surface area contributed by atoms with Crippen molar-refractivity contribution in [2.24, 2.45) is 0 Å². The molecule has 2 aromatic carbocycles. The third-order valence-electron chi connectivity index (χ3n) is 4.03. The van der Waals surface area contributed by atoms with Gasteiger partial charge in [0.2, 0.25) is 5.78 Å². The van der Waals surface area contributed by atoms with Crippen LogP contribution in [-0.4, -0.2) is 30.9 Å². The third kappa shape index (κ3) is 5.22. The zero-order chi connectivity index (χ0) is 20.8. The molecule has 0 saturated heterocycles. The number of Topliss-reactive ketones (excluding diaryl/α,β-unsaturated/α-hetero) is 1. The highest BCUT2D eigenvalue weighted by Gasteiger charge is 2.23. The van der Waals surface area contributed by atoms with Gasteiger partial charge in [-0.05, 0) is 60.0 Å². The molecule has 29 heavy (non-hydrogen) atoms. The van der Waals surface area contributed by atoms with Crippen molar-refractivity contribution in [2.75, 3.05) is 12.4 Å². The van der Waals surface area contributed by atoms with E-state index in [1.807, 2.05) is 0 Å². The SMILES string of the molecule is COC(=O)c1ccc(N[C@H](NC(=O)c2ccc(Cl)cc2)C(=O)c2cccs2)cc1. The number of anilines is 1. The van der Waals surface area contributed by atoms with Gasteiger partial charge in [0.25, 0.3) is 5.91 Å². The predicted molar refractivity (Wildman–Crippen MR) is 113 cm³/mol. The molecule has 0 spiro atoms. The van der Waals surface area contributed by atoms with Gasteiger partial charge in [-0.15, -0.1) is 11.3 Å². The second-order valence-electron chi connectivity index (χ2n) is 5.97. The summed E-state index contributed by atoms with van der Waals surface area (Å²) in [6.45, 7) is 0. The lowest BCUT2D eigenvalue weighted by Crippen LogP contribution is -2.46. The maximum atomic E-state index is 12.9. The van der Waals surface area contributed by atoms with Crippen LogP contribution in [0.25, 0.3) is 0 Å². The summed E-state index contributed by atoms with van der Waals surface area (Å²) in [6.07, 6.45) is -0.999. The van der Waals surface area contributed by atoms with Gasteiger partial charge in [0.15, 0.2) is 6.17 Å². The molecule has 1 amide bonds. The second-order valence-corrected chi connectivity index (χ2v) is 7.35. The number of halogens is 1. The molecule has 1 atom stereocenters. The fraction of sp³-hybridized carbons (Fsp3) is 0.0952. The summed E-state index contributed by atoms with van der Waals surface area (Å²) in [6, 6.07) is 16.2. The van der Waals surface area contributed by atoms with E-state index in [-0.39, 0.29) is 5.78 Å². The number of rotatable bonds is 7. The average molecular weight is 429 g/mol. The molecule has 0 radical (unpaired) electrons. The van der Waals surface area contributed by atoms with Crippen molar-refractivity contribution in [3.8, 4) is 0 Å². The first-order valence-electron chi connectivity index (χ1n) is 8.57. The second kappa shape index (κ2) is 9.36. The number of hydrogen-bond acceptors (Lipinski definition) is 6. The summed E-state index contributed by atoms with van der Waals surface area (Å²) < 4.78 is 4.68. The topological polar surface area (TPSA) is 84.5 Å². The van der Waals surface area contributed by atoms with Gasteiger partial charge < -0.3 is 15.4 Å². The maximum Gasteiger partial charge on any atom is 0.337 e. The molecule has 0 bridgehead atoms. The number of benzene rings is 2. The Labute approximate surface area is 176 Å². The number of esters is 1. The number of ketones is 1. The van der Waals surface area contributed by atoms with Crippen LogP contribution in [0.1, 0.15) is 30.4 Å². The minimum absolute atomic E-state index is 0.278. The quantitative estimate of drug-likeness (QED) is 0.334. The number of methoxy groups -OCH3 is 1. The molecule has 1 heterocycles. The van der Waals surface area contributed by atoms with Crippen molar-refractivity contribution in [1.82, 2.24) is 5.32 Å². The Kier molecular flexibility index (Phi) is 6.64. The summed E-state index contributed by atoms with van der Waals surface area (Å²) in [5, 5.41) is 8.02. The number of carbonyl (C=O) groups excluding carboxylic acids is 3. The molecule has 0 aliphatic carbocycles. The van der Waals surface area contributed by atoms with Crippen LogP contribution in [0.3, 0.4) is 0 Å². The van der Waals surface area contributed by atoms with Gasteiger partial charge in [0.05, 0.1) is 17.6 Å². The first kappa shape index (κ1) is 20.6. The van der Waals surface area contributed by atoms with E-state index in [1.165, 1.54) is 18.4 Å². The molecule has 3 rings (SSSR count). The van der Waals surface area contributed by atoms with E-state index in [0.717, 1.165) is 0 Å². The van der Waals surface area contributed by atoms with E-state index in [9.17, 15) is 14.4 Å². The lowest BCUT2D eigenvalue weighted by molar-refractivity contribution is 0.0600. The Morgan fingerprint density at radius 2 is 1.62 bits per heavy atom. The molecule has 0 saturated carbocycles. The standard InChI is InChI=1S/C21H17ClN2O4S/c1-28-21(27)14-6-10-16(11-7-14)23-19(18(25)17-3-2-12-29-17)24-20(26)13-4-8-15(22)9-5-13/h2-12,19,23H,1H3,(H,24,26)/t19-/m1/s1. The Morgan fingerprint density at radius 1 is 0.966 bits per heavy atom. The molecule has 8 heteroatoms. The summed E-state index contributed by atoms with van der Waals surface area (Å²) in [7, 11) is 1.30. The van der Waals surface area contributed by atoms with Crippen LogP contribution >= 0.6 is 22.9 Å². The summed E-state index contributed by atoms with van der Waals surface area (Å²) >= 11 is 7.15. The number of nitrogens with one attached hydrogen (secondary N) is 2. The van der Waals surface area contributed by atoms with Crippen LogP contribution in [0, 0.1) is 0 Å². The van der Waals surface area contributed by atoms with Crippen LogP contribution < -0.4 is 10.6 Å². The largest absolute Gasteiger partial charge is 0.465 e. The van der Waals surface area contributed by atoms with Gasteiger partial charge in [-0.1, -0.05) is 17.7 Å². The number of carbonyl (C=O) groups is 3. The van der Waals surface area contributed by atoms with Crippen LogP contribution in [0.2, 0.25) is 5.02 Å². The highest BCUT2D eigenvalue weighted by molar-refractivity contribution is 7.12. The Bertz CT molecular complexity index is 1000. The predicted octanol–water partition coefficient (Wildman–Crippen LogP) is 4.24. The van der Waals surface area contributed by atoms with Crippen molar-refractivity contribution < 1.29 is 19.1 Å². The summed E-state index contributed by atoms with van der Waals surface area (Å²) in [5.74, 6) is -1.16. The van der Waals surface area contributed by atoms with Gasteiger partial charge in [-0.3, -0.25) is 9.59 Å². The van der Waals surface area contributed by atoms with Crippen molar-refractivity contribution in [3.05, 3.63) is 87.1 Å². The molecule has 3 aromatic rings. The van der Waals surface area contributed by atoms with Crippen molar-refractivity contribution in [3.63, 3.8) is 0 Å². The first-order chi connectivity index (χ1) is 14.0. The molecule has 0 aliphatic heterocycles. The van der Waals surface area contributed by atoms with Crippen LogP contribution in [-0.2, 0) is 4.74 Å². The Balaban J connectivity index is 1.81. The van der Waals surface area contributed by atoms with Crippen molar-refractivity contribution in [1.29, 1.82) is 0 Å². The van der Waals surface area contributed by atoms with Gasteiger partial charge >= 0.3 is 5.97 Å². The maximum absolute atomic E-state index is 12.9. The lowest BCUT2D eigenvalue weighted by Gasteiger charge is -2.20. The molecular formula is C21H17ClN2O4S. The van der Waals surface area contributed by atoms with E-state index < -0.39 is 18.0 Å². The zero-order valence-electron chi connectivity index (χ0n) is 15.3. The minimum Gasteiger partial charge on any atom is -0.465 e. The number of amides is 1. The van der Waals surface area contributed by atoms with E-state index in [0.29, 0.717) is 26.7 Å². The molecular weight excluding hydrogens is 412 g/mol. The molecule has 1 aromatic heterocycles. The van der Waals surface area contributed by atoms with Gasteiger partial charge in [-0.25, -0.2) is 4.79 Å². The smallest absolute Gasteiger partial charge is 0.337 e. The van der Waals surface area contributed by atoms with E-state index in [2.05, 4.69) is 15.4 Å². The summed E-state index contributed by atoms with van der Waals surface area (Å²) in [4.78, 5) is 37.6.